The van der Waals surface area contributed by atoms with Crippen LogP contribution in [0.2, 0.25) is 0 Å². The molecular formula is C12H14O4. The van der Waals surface area contributed by atoms with Crippen molar-refractivity contribution in [2.24, 2.45) is 5.92 Å². The van der Waals surface area contributed by atoms with Gasteiger partial charge in [0.2, 0.25) is 0 Å². The van der Waals surface area contributed by atoms with Gasteiger partial charge >= 0.3 is 11.9 Å². The van der Waals surface area contributed by atoms with E-state index in [-0.39, 0.29) is 6.42 Å². The van der Waals surface area contributed by atoms with Gasteiger partial charge in [-0.1, -0.05) is 25.1 Å². The first kappa shape index (κ1) is 12.2. The number of benzene rings is 1. The molecule has 1 unspecified atom stereocenters. The second-order valence-corrected chi connectivity index (χ2v) is 3.57. The molecule has 0 amide bonds. The van der Waals surface area contributed by atoms with E-state index in [1.165, 1.54) is 0 Å². The van der Waals surface area contributed by atoms with E-state index in [4.69, 9.17) is 9.84 Å². The highest BCUT2D eigenvalue weighted by molar-refractivity contribution is 5.74. The first-order chi connectivity index (χ1) is 7.59. The van der Waals surface area contributed by atoms with E-state index in [2.05, 4.69) is 0 Å². The maximum atomic E-state index is 11.3. The van der Waals surface area contributed by atoms with E-state index in [0.717, 1.165) is 0 Å². The number of hydrogen-bond acceptors (Lipinski definition) is 3. The van der Waals surface area contributed by atoms with Crippen LogP contribution in [0.5, 0.6) is 5.75 Å². The molecule has 0 bridgehead atoms. The molecule has 16 heavy (non-hydrogen) atoms. The minimum Gasteiger partial charge on any atom is -0.481 e. The van der Waals surface area contributed by atoms with Crippen LogP contribution in [0.3, 0.4) is 0 Å². The molecule has 86 valence electrons. The van der Waals surface area contributed by atoms with Crippen LogP contribution >= 0.6 is 0 Å². The third kappa shape index (κ3) is 4.13. The summed E-state index contributed by atoms with van der Waals surface area (Å²) in [6, 6.07) is 8.71. The number of hydrogen-bond donors (Lipinski definition) is 1. The van der Waals surface area contributed by atoms with E-state index in [1.54, 1.807) is 31.2 Å². The number of aliphatic carboxylic acids is 1. The minimum absolute atomic E-state index is 0.113. The Morgan fingerprint density at radius 3 is 2.50 bits per heavy atom. The zero-order chi connectivity index (χ0) is 12.0. The molecular weight excluding hydrogens is 208 g/mol. The summed E-state index contributed by atoms with van der Waals surface area (Å²) in [6.45, 7) is 1.57. The molecule has 1 rings (SSSR count). The van der Waals surface area contributed by atoms with E-state index in [1.807, 2.05) is 6.07 Å². The number of carbonyl (C=O) groups excluding carboxylic acids is 1. The Balaban J connectivity index is 2.35. The molecule has 0 spiro atoms. The van der Waals surface area contributed by atoms with Gasteiger partial charge in [-0.15, -0.1) is 0 Å². The molecule has 1 N–H and O–H groups in total. The largest absolute Gasteiger partial charge is 0.481 e. The van der Waals surface area contributed by atoms with E-state index in [9.17, 15) is 9.59 Å². The normalized spacial score (nSPS) is 11.8. The van der Waals surface area contributed by atoms with Gasteiger partial charge < -0.3 is 9.84 Å². The number of carboxylic acids is 1. The molecule has 1 atom stereocenters. The van der Waals surface area contributed by atoms with E-state index >= 15 is 0 Å². The fraction of sp³-hybridized carbons (Fsp3) is 0.333. The summed E-state index contributed by atoms with van der Waals surface area (Å²) in [5.74, 6) is -1.34. The molecule has 4 heteroatoms. The lowest BCUT2D eigenvalue weighted by Gasteiger charge is -2.06. The minimum atomic E-state index is -0.896. The predicted molar refractivity (Wildman–Crippen MR) is 58.1 cm³/mol. The highest BCUT2D eigenvalue weighted by Gasteiger charge is 2.13. The second-order valence-electron chi connectivity index (χ2n) is 3.57. The lowest BCUT2D eigenvalue weighted by molar-refractivity contribution is -0.141. The van der Waals surface area contributed by atoms with Crippen LogP contribution in [0.25, 0.3) is 0 Å². The first-order valence-corrected chi connectivity index (χ1v) is 5.08. The van der Waals surface area contributed by atoms with Crippen LogP contribution in [-0.2, 0) is 9.59 Å². The van der Waals surface area contributed by atoms with Gasteiger partial charge in [0.15, 0.2) is 0 Å². The van der Waals surface area contributed by atoms with Gasteiger partial charge in [0.25, 0.3) is 0 Å². The number of carbonyl (C=O) groups is 2. The van der Waals surface area contributed by atoms with Crippen LogP contribution in [0.4, 0.5) is 0 Å². The number of ether oxygens (including phenoxy) is 1. The standard InChI is InChI=1S/C12H14O4/c1-9(12(14)15)7-8-11(13)16-10-5-3-2-4-6-10/h2-6,9H,7-8H2,1H3,(H,14,15). The van der Waals surface area contributed by atoms with Crippen molar-refractivity contribution in [2.75, 3.05) is 0 Å². The highest BCUT2D eigenvalue weighted by atomic mass is 16.5. The van der Waals surface area contributed by atoms with Crippen molar-refractivity contribution in [1.29, 1.82) is 0 Å². The summed E-state index contributed by atoms with van der Waals surface area (Å²) >= 11 is 0. The third-order valence-electron chi connectivity index (χ3n) is 2.18. The molecule has 0 fully saturated rings. The van der Waals surface area contributed by atoms with Gasteiger partial charge in [0.1, 0.15) is 5.75 Å². The van der Waals surface area contributed by atoms with Crippen LogP contribution < -0.4 is 4.74 Å². The van der Waals surface area contributed by atoms with Gasteiger partial charge in [-0.25, -0.2) is 0 Å². The van der Waals surface area contributed by atoms with Crippen molar-refractivity contribution in [3.63, 3.8) is 0 Å². The molecule has 0 aliphatic heterocycles. The van der Waals surface area contributed by atoms with Gasteiger partial charge in [0.05, 0.1) is 5.92 Å². The summed E-state index contributed by atoms with van der Waals surface area (Å²) in [6.07, 6.45) is 0.406. The Morgan fingerprint density at radius 1 is 1.31 bits per heavy atom. The molecule has 0 saturated carbocycles. The lowest BCUT2D eigenvalue weighted by atomic mass is 10.1. The van der Waals surface area contributed by atoms with Gasteiger partial charge in [0, 0.05) is 6.42 Å². The van der Waals surface area contributed by atoms with Crippen molar-refractivity contribution >= 4 is 11.9 Å². The Kier molecular flexibility index (Phi) is 4.51. The average Bonchev–Trinajstić information content (AvgIpc) is 2.27. The molecule has 4 nitrogen and oxygen atoms in total. The number of esters is 1. The Bertz CT molecular complexity index is 359. The summed E-state index contributed by atoms with van der Waals surface area (Å²) < 4.78 is 5.01. The smallest absolute Gasteiger partial charge is 0.311 e. The number of rotatable bonds is 5. The SMILES string of the molecule is CC(CCC(=O)Oc1ccccc1)C(=O)O. The molecule has 0 radical (unpaired) electrons. The molecule has 1 aromatic rings. The van der Waals surface area contributed by atoms with Crippen molar-refractivity contribution in [3.8, 4) is 5.75 Å². The predicted octanol–water partition coefficient (Wildman–Crippen LogP) is 2.09. The van der Waals surface area contributed by atoms with Crippen molar-refractivity contribution in [3.05, 3.63) is 30.3 Å². The Morgan fingerprint density at radius 2 is 1.94 bits per heavy atom. The van der Waals surface area contributed by atoms with Crippen molar-refractivity contribution < 1.29 is 19.4 Å². The molecule has 0 saturated heterocycles. The average molecular weight is 222 g/mol. The maximum absolute atomic E-state index is 11.3. The summed E-state index contributed by atoms with van der Waals surface area (Å²) in [5, 5.41) is 8.63. The first-order valence-electron chi connectivity index (χ1n) is 5.08. The van der Waals surface area contributed by atoms with E-state index in [0.29, 0.717) is 12.2 Å². The molecule has 1 aromatic carbocycles. The quantitative estimate of drug-likeness (QED) is 0.612. The van der Waals surface area contributed by atoms with Crippen LogP contribution in [-0.4, -0.2) is 17.0 Å². The fourth-order valence-corrected chi connectivity index (χ4v) is 1.13. The lowest BCUT2D eigenvalue weighted by Crippen LogP contribution is -2.14. The van der Waals surface area contributed by atoms with Crippen molar-refractivity contribution in [1.82, 2.24) is 0 Å². The molecule has 0 aliphatic carbocycles. The van der Waals surface area contributed by atoms with E-state index < -0.39 is 17.9 Å². The Labute approximate surface area is 93.9 Å². The monoisotopic (exact) mass is 222 g/mol. The summed E-state index contributed by atoms with van der Waals surface area (Å²) in [4.78, 5) is 21.8. The third-order valence-corrected chi connectivity index (χ3v) is 2.18. The Hall–Kier alpha value is -1.84. The maximum Gasteiger partial charge on any atom is 0.311 e. The zero-order valence-corrected chi connectivity index (χ0v) is 9.05. The topological polar surface area (TPSA) is 63.6 Å². The number of carboxylic acid groups (broad SMARTS) is 1. The summed E-state index contributed by atoms with van der Waals surface area (Å²) in [7, 11) is 0. The van der Waals surface area contributed by atoms with Gasteiger partial charge in [-0.3, -0.25) is 9.59 Å². The van der Waals surface area contributed by atoms with Crippen LogP contribution in [0.15, 0.2) is 30.3 Å². The molecule has 0 aliphatic rings. The zero-order valence-electron chi connectivity index (χ0n) is 9.05. The van der Waals surface area contributed by atoms with Gasteiger partial charge in [-0.05, 0) is 18.6 Å². The van der Waals surface area contributed by atoms with Crippen molar-refractivity contribution in [2.45, 2.75) is 19.8 Å². The van der Waals surface area contributed by atoms with Gasteiger partial charge in [-0.2, -0.15) is 0 Å². The summed E-state index contributed by atoms with van der Waals surface area (Å²) in [5.41, 5.74) is 0. The van der Waals surface area contributed by atoms with Crippen LogP contribution in [0, 0.1) is 5.92 Å². The highest BCUT2D eigenvalue weighted by Crippen LogP contribution is 2.11. The second kappa shape index (κ2) is 5.90. The number of para-hydroxylation sites is 1. The fourth-order valence-electron chi connectivity index (χ4n) is 1.13. The van der Waals surface area contributed by atoms with Crippen LogP contribution in [0.1, 0.15) is 19.8 Å². The molecule has 0 heterocycles. The molecule has 0 aromatic heterocycles.